The van der Waals surface area contributed by atoms with Gasteiger partial charge in [-0.25, -0.2) is 0 Å². The summed E-state index contributed by atoms with van der Waals surface area (Å²) in [6.45, 7) is 3.38. The van der Waals surface area contributed by atoms with Crippen LogP contribution in [0.5, 0.6) is 5.75 Å². The summed E-state index contributed by atoms with van der Waals surface area (Å²) in [5, 5.41) is 9.84. The Hall–Kier alpha value is -1.56. The molecular formula is C13H13F3O3. The Morgan fingerprint density at radius 1 is 1.42 bits per heavy atom. The summed E-state index contributed by atoms with van der Waals surface area (Å²) >= 11 is 0. The number of carbonyl (C=O) groups is 1. The molecule has 0 saturated heterocycles. The number of hydrogen-bond acceptors (Lipinski definition) is 3. The van der Waals surface area contributed by atoms with Crippen molar-refractivity contribution in [3.05, 3.63) is 29.3 Å². The van der Waals surface area contributed by atoms with Gasteiger partial charge in [-0.05, 0) is 37.6 Å². The summed E-state index contributed by atoms with van der Waals surface area (Å²) in [5.74, 6) is -1.50. The maximum absolute atomic E-state index is 12.3. The summed E-state index contributed by atoms with van der Waals surface area (Å²) < 4.78 is 42.5. The quantitative estimate of drug-likeness (QED) is 0.800. The van der Waals surface area contributed by atoms with E-state index < -0.39 is 29.2 Å². The van der Waals surface area contributed by atoms with Crippen LogP contribution in [0.25, 0.3) is 0 Å². The van der Waals surface area contributed by atoms with Crippen LogP contribution in [0, 0.1) is 0 Å². The lowest BCUT2D eigenvalue weighted by Gasteiger charge is -2.37. The van der Waals surface area contributed by atoms with Crippen LogP contribution < -0.4 is 4.74 Å². The van der Waals surface area contributed by atoms with Gasteiger partial charge in [0.05, 0.1) is 6.10 Å². The lowest BCUT2D eigenvalue weighted by Crippen LogP contribution is -2.46. The van der Waals surface area contributed by atoms with E-state index in [1.165, 1.54) is 6.07 Å². The molecule has 104 valence electrons. The topological polar surface area (TPSA) is 46.5 Å². The summed E-state index contributed by atoms with van der Waals surface area (Å²) in [5.41, 5.74) is -0.841. The number of alkyl halides is 3. The van der Waals surface area contributed by atoms with Crippen molar-refractivity contribution in [1.29, 1.82) is 0 Å². The molecule has 0 amide bonds. The van der Waals surface area contributed by atoms with E-state index in [9.17, 15) is 23.1 Å². The van der Waals surface area contributed by atoms with Crippen molar-refractivity contribution in [2.45, 2.75) is 38.1 Å². The smallest absolute Gasteiger partial charge is 0.454 e. The molecule has 0 aliphatic carbocycles. The third kappa shape index (κ3) is 2.58. The maximum atomic E-state index is 12.3. The van der Waals surface area contributed by atoms with Crippen LogP contribution in [-0.2, 0) is 6.42 Å². The Bertz CT molecular complexity index is 520. The third-order valence-electron chi connectivity index (χ3n) is 3.17. The summed E-state index contributed by atoms with van der Waals surface area (Å²) in [4.78, 5) is 11.1. The van der Waals surface area contributed by atoms with Crippen molar-refractivity contribution in [3.8, 4) is 5.75 Å². The van der Waals surface area contributed by atoms with Gasteiger partial charge in [0.15, 0.2) is 0 Å². The van der Waals surface area contributed by atoms with Crippen LogP contribution in [0.2, 0.25) is 0 Å². The van der Waals surface area contributed by atoms with Gasteiger partial charge in [-0.3, -0.25) is 4.79 Å². The van der Waals surface area contributed by atoms with Crippen LogP contribution in [-0.4, -0.2) is 28.8 Å². The van der Waals surface area contributed by atoms with Gasteiger partial charge in [0.25, 0.3) is 5.78 Å². The molecule has 1 aromatic rings. The molecule has 6 heteroatoms. The first-order valence-electron chi connectivity index (χ1n) is 5.73. The molecule has 0 bridgehead atoms. The van der Waals surface area contributed by atoms with Crippen LogP contribution >= 0.6 is 0 Å². The van der Waals surface area contributed by atoms with Gasteiger partial charge in [0, 0.05) is 12.0 Å². The zero-order valence-corrected chi connectivity index (χ0v) is 10.4. The first-order chi connectivity index (χ1) is 8.61. The molecule has 1 aliphatic heterocycles. The van der Waals surface area contributed by atoms with E-state index in [-0.39, 0.29) is 6.42 Å². The largest absolute Gasteiger partial charge is 0.485 e. The minimum atomic E-state index is -4.90. The van der Waals surface area contributed by atoms with E-state index in [0.717, 1.165) is 12.1 Å². The zero-order chi connectivity index (χ0) is 14.4. The Labute approximate surface area is 108 Å². The Morgan fingerprint density at radius 2 is 2.05 bits per heavy atom. The lowest BCUT2D eigenvalue weighted by molar-refractivity contribution is -0.0885. The molecule has 0 fully saturated rings. The standard InChI is InChI=1S/C13H13F3O3/c1-12(2)10(17)6-8-5-7(3-4-9(8)19-12)11(18)13(14,15)16/h3-5,10,17H,6H2,1-2H3. The van der Waals surface area contributed by atoms with Gasteiger partial charge in [-0.2, -0.15) is 13.2 Å². The molecule has 19 heavy (non-hydrogen) atoms. The third-order valence-corrected chi connectivity index (χ3v) is 3.17. The fraction of sp³-hybridized carbons (Fsp3) is 0.462. The molecule has 1 unspecified atom stereocenters. The number of Topliss-reactive ketones (excluding diaryl/α,β-unsaturated/α-hetero) is 1. The van der Waals surface area contributed by atoms with Gasteiger partial charge in [-0.1, -0.05) is 0 Å². The zero-order valence-electron chi connectivity index (χ0n) is 10.4. The van der Waals surface area contributed by atoms with Crippen LogP contribution in [0.1, 0.15) is 29.8 Å². The Balaban J connectivity index is 2.37. The highest BCUT2D eigenvalue weighted by atomic mass is 19.4. The fourth-order valence-electron chi connectivity index (χ4n) is 1.95. The number of aliphatic hydroxyl groups excluding tert-OH is 1. The molecule has 2 rings (SSSR count). The van der Waals surface area contributed by atoms with Crippen LogP contribution in [0.3, 0.4) is 0 Å². The molecule has 0 radical (unpaired) electrons. The maximum Gasteiger partial charge on any atom is 0.454 e. The molecule has 1 aliphatic rings. The van der Waals surface area contributed by atoms with E-state index in [4.69, 9.17) is 4.74 Å². The van der Waals surface area contributed by atoms with E-state index in [2.05, 4.69) is 0 Å². The van der Waals surface area contributed by atoms with Crippen molar-refractivity contribution >= 4 is 5.78 Å². The minimum Gasteiger partial charge on any atom is -0.485 e. The van der Waals surface area contributed by atoms with E-state index in [1.54, 1.807) is 13.8 Å². The van der Waals surface area contributed by atoms with Crippen molar-refractivity contribution < 1.29 is 27.8 Å². The van der Waals surface area contributed by atoms with Gasteiger partial charge in [0.1, 0.15) is 11.4 Å². The van der Waals surface area contributed by atoms with E-state index in [0.29, 0.717) is 11.3 Å². The monoisotopic (exact) mass is 274 g/mol. The summed E-state index contributed by atoms with van der Waals surface area (Å²) in [6, 6.07) is 3.55. The highest BCUT2D eigenvalue weighted by molar-refractivity contribution is 6.00. The number of ketones is 1. The minimum absolute atomic E-state index is 0.154. The Morgan fingerprint density at radius 3 is 2.63 bits per heavy atom. The number of hydrogen-bond donors (Lipinski definition) is 1. The van der Waals surface area contributed by atoms with Gasteiger partial charge < -0.3 is 9.84 Å². The van der Waals surface area contributed by atoms with Gasteiger partial charge in [0.2, 0.25) is 0 Å². The predicted molar refractivity (Wildman–Crippen MR) is 61.2 cm³/mol. The van der Waals surface area contributed by atoms with Crippen molar-refractivity contribution in [3.63, 3.8) is 0 Å². The fourth-order valence-corrected chi connectivity index (χ4v) is 1.95. The number of benzene rings is 1. The van der Waals surface area contributed by atoms with Crippen LogP contribution in [0.15, 0.2) is 18.2 Å². The predicted octanol–water partition coefficient (Wildman–Crippen LogP) is 2.51. The summed E-state index contributed by atoms with van der Waals surface area (Å²) in [7, 11) is 0. The molecule has 1 N–H and O–H groups in total. The van der Waals surface area contributed by atoms with Crippen molar-refractivity contribution in [1.82, 2.24) is 0 Å². The average molecular weight is 274 g/mol. The molecule has 1 atom stereocenters. The highest BCUT2D eigenvalue weighted by Gasteiger charge is 2.41. The first kappa shape index (κ1) is 13.9. The SMILES string of the molecule is CC1(C)Oc2ccc(C(=O)C(F)(F)F)cc2CC1O. The normalized spacial score (nSPS) is 21.5. The number of ether oxygens (including phenoxy) is 1. The molecule has 3 nitrogen and oxygen atoms in total. The number of fused-ring (bicyclic) bond motifs is 1. The number of aliphatic hydroxyl groups is 1. The number of carbonyl (C=O) groups excluding carboxylic acids is 1. The first-order valence-corrected chi connectivity index (χ1v) is 5.73. The number of rotatable bonds is 1. The molecule has 1 heterocycles. The molecule has 1 aromatic carbocycles. The molecule has 0 spiro atoms. The van der Waals surface area contributed by atoms with E-state index >= 15 is 0 Å². The van der Waals surface area contributed by atoms with Crippen molar-refractivity contribution in [2.24, 2.45) is 0 Å². The summed E-state index contributed by atoms with van der Waals surface area (Å²) in [6.07, 6.45) is -5.58. The second-order valence-corrected chi connectivity index (χ2v) is 5.07. The molecule has 0 aromatic heterocycles. The van der Waals surface area contributed by atoms with Crippen LogP contribution in [0.4, 0.5) is 13.2 Å². The second kappa shape index (κ2) is 4.23. The van der Waals surface area contributed by atoms with E-state index in [1.807, 2.05) is 0 Å². The Kier molecular flexibility index (Phi) is 3.09. The molecule has 0 saturated carbocycles. The second-order valence-electron chi connectivity index (χ2n) is 5.07. The van der Waals surface area contributed by atoms with Gasteiger partial charge >= 0.3 is 6.18 Å². The number of halogens is 3. The average Bonchev–Trinajstić information content (AvgIpc) is 2.27. The molecular weight excluding hydrogens is 261 g/mol. The van der Waals surface area contributed by atoms with Crippen molar-refractivity contribution in [2.75, 3.05) is 0 Å². The highest BCUT2D eigenvalue weighted by Crippen LogP contribution is 2.34. The lowest BCUT2D eigenvalue weighted by atomic mass is 9.90. The van der Waals surface area contributed by atoms with Gasteiger partial charge in [-0.15, -0.1) is 0 Å².